The quantitative estimate of drug-likeness (QED) is 0.381. The van der Waals surface area contributed by atoms with Gasteiger partial charge in [0, 0.05) is 12.6 Å². The number of hydrogen-bond acceptors (Lipinski definition) is 8. The molecular formula is C18H18N6O4S2. The summed E-state index contributed by atoms with van der Waals surface area (Å²) < 4.78 is 29.2. The van der Waals surface area contributed by atoms with Crippen molar-refractivity contribution in [3.05, 3.63) is 58.6 Å². The van der Waals surface area contributed by atoms with Gasteiger partial charge in [0.25, 0.3) is 15.7 Å². The average molecular weight is 447 g/mol. The van der Waals surface area contributed by atoms with Gasteiger partial charge >= 0.3 is 0 Å². The van der Waals surface area contributed by atoms with E-state index < -0.39 is 14.9 Å². The van der Waals surface area contributed by atoms with E-state index in [0.717, 1.165) is 30.7 Å². The number of tetrazole rings is 1. The van der Waals surface area contributed by atoms with E-state index in [1.54, 1.807) is 41.9 Å². The van der Waals surface area contributed by atoms with E-state index in [2.05, 4.69) is 15.5 Å². The molecule has 3 aromatic rings. The van der Waals surface area contributed by atoms with Crippen molar-refractivity contribution < 1.29 is 13.3 Å². The van der Waals surface area contributed by atoms with E-state index in [-0.39, 0.29) is 28.1 Å². The van der Waals surface area contributed by atoms with Gasteiger partial charge in [-0.3, -0.25) is 14.4 Å². The first-order valence-corrected chi connectivity index (χ1v) is 11.5. The van der Waals surface area contributed by atoms with Crippen molar-refractivity contribution in [2.45, 2.75) is 40.8 Å². The van der Waals surface area contributed by atoms with Crippen LogP contribution in [0.15, 0.2) is 63.5 Å². The second-order valence-corrected chi connectivity index (χ2v) is 9.50. The third kappa shape index (κ3) is 3.87. The number of rotatable bonds is 8. The summed E-state index contributed by atoms with van der Waals surface area (Å²) in [5.41, 5.74) is 0.181. The van der Waals surface area contributed by atoms with Crippen LogP contribution in [0.25, 0.3) is 0 Å². The highest BCUT2D eigenvalue weighted by atomic mass is 32.2. The van der Waals surface area contributed by atoms with E-state index in [4.69, 9.17) is 0 Å². The number of hydrogen-bond donors (Lipinski definition) is 0. The Morgan fingerprint density at radius 3 is 2.60 bits per heavy atom. The Bertz CT molecular complexity index is 1180. The first kappa shape index (κ1) is 20.3. The molecule has 1 aromatic heterocycles. The van der Waals surface area contributed by atoms with E-state index in [0.29, 0.717) is 10.8 Å². The molecule has 0 saturated heterocycles. The second-order valence-electron chi connectivity index (χ2n) is 6.63. The Morgan fingerprint density at radius 1 is 1.23 bits per heavy atom. The molecule has 0 amide bonds. The summed E-state index contributed by atoms with van der Waals surface area (Å²) in [7, 11) is -3.98. The van der Waals surface area contributed by atoms with Gasteiger partial charge in [0.05, 0.1) is 26.4 Å². The molecule has 4 rings (SSSR count). The van der Waals surface area contributed by atoms with Gasteiger partial charge in [0.1, 0.15) is 0 Å². The highest BCUT2D eigenvalue weighted by Crippen LogP contribution is 2.40. The van der Waals surface area contributed by atoms with Gasteiger partial charge in [-0.1, -0.05) is 18.2 Å². The molecule has 0 unspecified atom stereocenters. The maximum Gasteiger partial charge on any atom is 0.284 e. The van der Waals surface area contributed by atoms with Crippen LogP contribution in [-0.2, 0) is 10.0 Å². The molecule has 0 radical (unpaired) electrons. The van der Waals surface area contributed by atoms with Gasteiger partial charge in [0.2, 0.25) is 5.16 Å². The summed E-state index contributed by atoms with van der Waals surface area (Å²) in [4.78, 5) is 11.2. The molecular weight excluding hydrogens is 428 g/mol. The lowest BCUT2D eigenvalue weighted by molar-refractivity contribution is -0.388. The Labute approximate surface area is 177 Å². The van der Waals surface area contributed by atoms with Crippen molar-refractivity contribution in [3.63, 3.8) is 0 Å². The van der Waals surface area contributed by atoms with Crippen LogP contribution in [0, 0.1) is 10.1 Å². The van der Waals surface area contributed by atoms with E-state index >= 15 is 0 Å². The molecule has 10 nitrogen and oxygen atoms in total. The fraction of sp³-hybridized carbons (Fsp3) is 0.278. The van der Waals surface area contributed by atoms with Gasteiger partial charge in [0.15, 0.2) is 0 Å². The van der Waals surface area contributed by atoms with E-state index in [9.17, 15) is 18.5 Å². The zero-order valence-electron chi connectivity index (χ0n) is 16.0. The lowest BCUT2D eigenvalue weighted by atomic mass is 10.3. The third-order valence-corrected chi connectivity index (χ3v) is 7.52. The fourth-order valence-corrected chi connectivity index (χ4v) is 5.42. The number of sulfonamides is 1. The first-order chi connectivity index (χ1) is 14.4. The number of aromatic nitrogens is 4. The van der Waals surface area contributed by atoms with Crippen molar-refractivity contribution in [3.8, 4) is 0 Å². The molecule has 0 N–H and O–H groups in total. The highest BCUT2D eigenvalue weighted by Gasteiger charge is 2.31. The van der Waals surface area contributed by atoms with Crippen LogP contribution in [0.4, 0.5) is 11.4 Å². The Morgan fingerprint density at radius 2 is 1.97 bits per heavy atom. The minimum atomic E-state index is -3.98. The Hall–Kier alpha value is -2.99. The molecule has 0 bridgehead atoms. The minimum Gasteiger partial charge on any atom is -0.267 e. The highest BCUT2D eigenvalue weighted by molar-refractivity contribution is 7.99. The van der Waals surface area contributed by atoms with Gasteiger partial charge in [-0.05, 0) is 66.2 Å². The molecule has 156 valence electrons. The van der Waals surface area contributed by atoms with Crippen LogP contribution in [0.3, 0.4) is 0 Å². The smallest absolute Gasteiger partial charge is 0.267 e. The van der Waals surface area contributed by atoms with Crippen LogP contribution in [0.1, 0.15) is 25.8 Å². The van der Waals surface area contributed by atoms with E-state index in [1.165, 1.54) is 16.4 Å². The first-order valence-electron chi connectivity index (χ1n) is 9.23. The number of para-hydroxylation sites is 1. The van der Waals surface area contributed by atoms with Crippen LogP contribution < -0.4 is 4.31 Å². The molecule has 0 spiro atoms. The number of anilines is 1. The van der Waals surface area contributed by atoms with Gasteiger partial charge < -0.3 is 0 Å². The lowest BCUT2D eigenvalue weighted by Crippen LogP contribution is -2.30. The number of nitro benzene ring substituents is 1. The lowest BCUT2D eigenvalue weighted by Gasteiger charge is -2.22. The largest absolute Gasteiger partial charge is 0.284 e. The van der Waals surface area contributed by atoms with Crippen molar-refractivity contribution in [2.75, 3.05) is 10.8 Å². The van der Waals surface area contributed by atoms with Crippen molar-refractivity contribution in [2.24, 2.45) is 0 Å². The van der Waals surface area contributed by atoms with Crippen LogP contribution >= 0.6 is 11.8 Å². The van der Waals surface area contributed by atoms with Gasteiger partial charge in [-0.15, -0.1) is 5.10 Å². The van der Waals surface area contributed by atoms with Crippen molar-refractivity contribution >= 4 is 33.2 Å². The number of nitrogens with zero attached hydrogens (tertiary/aromatic N) is 6. The fourth-order valence-electron chi connectivity index (χ4n) is 3.00. The van der Waals surface area contributed by atoms with Gasteiger partial charge in [-0.25, -0.2) is 13.1 Å². The summed E-state index contributed by atoms with van der Waals surface area (Å²) in [5.74, 6) is 0. The molecule has 0 aliphatic heterocycles. The predicted molar refractivity (Wildman–Crippen MR) is 110 cm³/mol. The molecule has 30 heavy (non-hydrogen) atoms. The summed E-state index contributed by atoms with van der Waals surface area (Å²) in [5, 5.41) is 23.7. The van der Waals surface area contributed by atoms with Crippen LogP contribution in [0.2, 0.25) is 0 Å². The maximum absolute atomic E-state index is 13.2. The molecule has 1 fully saturated rings. The monoisotopic (exact) mass is 446 g/mol. The standard InChI is InChI=1S/C18H18N6O4S2/c1-2-22(13-6-4-3-5-7-13)30(27,28)15-10-11-17(16(12-15)24(25)26)29-18-19-20-21-23(18)14-8-9-14/h3-7,10-12,14H,2,8-9H2,1H3. The second kappa shape index (κ2) is 8.03. The van der Waals surface area contributed by atoms with Gasteiger partial charge in [-0.2, -0.15) is 0 Å². The number of benzene rings is 2. The Kier molecular flexibility index (Phi) is 5.43. The SMILES string of the molecule is CCN(c1ccccc1)S(=O)(=O)c1ccc(Sc2nnnn2C2CC2)c([N+](=O)[O-])c1. The summed E-state index contributed by atoms with van der Waals surface area (Å²) >= 11 is 1.05. The number of nitro groups is 1. The third-order valence-electron chi connectivity index (χ3n) is 4.60. The predicted octanol–water partition coefficient (Wildman–Crippen LogP) is 3.28. The van der Waals surface area contributed by atoms with Crippen LogP contribution in [0.5, 0.6) is 0 Å². The molecule has 1 aliphatic rings. The summed E-state index contributed by atoms with van der Waals surface area (Å²) in [6.45, 7) is 1.90. The summed E-state index contributed by atoms with van der Waals surface area (Å²) in [6, 6.07) is 12.7. The summed E-state index contributed by atoms with van der Waals surface area (Å²) in [6.07, 6.45) is 1.93. The Balaban J connectivity index is 1.70. The molecule has 0 atom stereocenters. The molecule has 1 saturated carbocycles. The van der Waals surface area contributed by atoms with Crippen molar-refractivity contribution in [1.29, 1.82) is 0 Å². The average Bonchev–Trinajstić information content (AvgIpc) is 3.48. The van der Waals surface area contributed by atoms with E-state index in [1.807, 2.05) is 0 Å². The van der Waals surface area contributed by atoms with Crippen LogP contribution in [-0.4, -0.2) is 40.1 Å². The topological polar surface area (TPSA) is 124 Å². The molecule has 1 heterocycles. The molecule has 1 aliphatic carbocycles. The molecule has 12 heteroatoms. The zero-order valence-corrected chi connectivity index (χ0v) is 17.6. The normalized spacial score (nSPS) is 13.9. The maximum atomic E-state index is 13.2. The minimum absolute atomic E-state index is 0.147. The van der Waals surface area contributed by atoms with Crippen molar-refractivity contribution in [1.82, 2.24) is 20.2 Å². The molecule has 2 aromatic carbocycles. The zero-order chi connectivity index (χ0) is 21.3.